The zero-order valence-electron chi connectivity index (χ0n) is 10.1. The van der Waals surface area contributed by atoms with E-state index in [1.807, 2.05) is 25.1 Å². The third kappa shape index (κ3) is 3.21. The van der Waals surface area contributed by atoms with Crippen molar-refractivity contribution in [1.82, 2.24) is 5.32 Å². The van der Waals surface area contributed by atoms with Crippen LogP contribution in [-0.4, -0.2) is 6.54 Å². The fourth-order valence-electron chi connectivity index (χ4n) is 1.92. The van der Waals surface area contributed by atoms with Crippen LogP contribution in [0.15, 0.2) is 45.5 Å². The van der Waals surface area contributed by atoms with Crippen LogP contribution in [0.5, 0.6) is 0 Å². The maximum atomic E-state index is 13.6. The third-order valence-electron chi connectivity index (χ3n) is 2.77. The minimum atomic E-state index is -0.175. The third-order valence-corrected chi connectivity index (χ3v) is 3.20. The molecular weight excluding hydrogens is 297 g/mol. The fraction of sp³-hybridized carbons (Fsp3) is 0.286. The lowest BCUT2D eigenvalue weighted by Gasteiger charge is -2.15. The molecule has 1 heterocycles. The topological polar surface area (TPSA) is 25.2 Å². The molecule has 1 aromatic carbocycles. The van der Waals surface area contributed by atoms with Crippen LogP contribution < -0.4 is 5.32 Å². The normalized spacial score (nSPS) is 12.6. The molecule has 1 atom stereocenters. The number of benzene rings is 1. The Morgan fingerprint density at radius 2 is 2.06 bits per heavy atom. The lowest BCUT2D eigenvalue weighted by molar-refractivity contribution is 0.402. The van der Waals surface area contributed by atoms with Gasteiger partial charge in [0.15, 0.2) is 4.67 Å². The van der Waals surface area contributed by atoms with Crippen molar-refractivity contribution in [2.45, 2.75) is 19.4 Å². The lowest BCUT2D eigenvalue weighted by atomic mass is 10.0. The maximum absolute atomic E-state index is 13.6. The van der Waals surface area contributed by atoms with E-state index in [1.165, 1.54) is 6.07 Å². The first-order chi connectivity index (χ1) is 8.70. The highest BCUT2D eigenvalue weighted by Crippen LogP contribution is 2.24. The van der Waals surface area contributed by atoms with Crippen molar-refractivity contribution in [1.29, 1.82) is 0 Å². The minimum absolute atomic E-state index is 0.0156. The van der Waals surface area contributed by atoms with Gasteiger partial charge in [0.2, 0.25) is 0 Å². The van der Waals surface area contributed by atoms with E-state index in [1.54, 1.807) is 12.1 Å². The summed E-state index contributed by atoms with van der Waals surface area (Å²) in [5.41, 5.74) is 0.691. The van der Waals surface area contributed by atoms with E-state index in [-0.39, 0.29) is 11.9 Å². The average Bonchev–Trinajstić information content (AvgIpc) is 2.78. The summed E-state index contributed by atoms with van der Waals surface area (Å²) in [6.07, 6.45) is 0.570. The van der Waals surface area contributed by atoms with Gasteiger partial charge in [-0.1, -0.05) is 25.1 Å². The van der Waals surface area contributed by atoms with Crippen LogP contribution in [0.1, 0.15) is 24.3 Å². The van der Waals surface area contributed by atoms with E-state index in [9.17, 15) is 4.39 Å². The first kappa shape index (κ1) is 13.3. The molecule has 0 saturated carbocycles. The highest BCUT2D eigenvalue weighted by molar-refractivity contribution is 9.10. The Morgan fingerprint density at radius 3 is 2.67 bits per heavy atom. The van der Waals surface area contributed by atoms with E-state index in [2.05, 4.69) is 21.2 Å². The predicted molar refractivity (Wildman–Crippen MR) is 72.9 cm³/mol. The van der Waals surface area contributed by atoms with Gasteiger partial charge in [0.25, 0.3) is 0 Å². The van der Waals surface area contributed by atoms with Crippen molar-refractivity contribution < 1.29 is 8.81 Å². The van der Waals surface area contributed by atoms with Crippen molar-refractivity contribution in [3.05, 3.63) is 58.2 Å². The Morgan fingerprint density at radius 1 is 1.28 bits per heavy atom. The smallest absolute Gasteiger partial charge is 0.169 e. The van der Waals surface area contributed by atoms with Crippen LogP contribution in [0, 0.1) is 5.82 Å². The first-order valence-electron chi connectivity index (χ1n) is 5.92. The van der Waals surface area contributed by atoms with Gasteiger partial charge in [-0.2, -0.15) is 0 Å². The molecule has 2 rings (SSSR count). The molecular formula is C14H15BrFNO. The Balaban J connectivity index is 2.19. The first-order valence-corrected chi connectivity index (χ1v) is 6.72. The molecule has 4 heteroatoms. The summed E-state index contributed by atoms with van der Waals surface area (Å²) >= 11 is 3.28. The molecule has 0 saturated heterocycles. The predicted octanol–water partition coefficient (Wildman–Crippen LogP) is 4.07. The summed E-state index contributed by atoms with van der Waals surface area (Å²) in [5, 5.41) is 3.31. The van der Waals surface area contributed by atoms with Gasteiger partial charge in [-0.3, -0.25) is 0 Å². The Hall–Kier alpha value is -1.13. The molecule has 2 aromatic rings. The zero-order valence-corrected chi connectivity index (χ0v) is 11.7. The van der Waals surface area contributed by atoms with E-state index in [0.717, 1.165) is 12.3 Å². The number of hydrogen-bond acceptors (Lipinski definition) is 2. The van der Waals surface area contributed by atoms with Gasteiger partial charge < -0.3 is 9.73 Å². The molecule has 2 nitrogen and oxygen atoms in total. The van der Waals surface area contributed by atoms with E-state index in [4.69, 9.17) is 4.42 Å². The molecule has 18 heavy (non-hydrogen) atoms. The van der Waals surface area contributed by atoms with Crippen LogP contribution in [0.3, 0.4) is 0 Å². The van der Waals surface area contributed by atoms with E-state index < -0.39 is 0 Å². The minimum Gasteiger partial charge on any atom is -0.453 e. The van der Waals surface area contributed by atoms with E-state index in [0.29, 0.717) is 16.7 Å². The van der Waals surface area contributed by atoms with Gasteiger partial charge in [-0.25, -0.2) is 4.39 Å². The van der Waals surface area contributed by atoms with Gasteiger partial charge in [-0.15, -0.1) is 0 Å². The van der Waals surface area contributed by atoms with Crippen LogP contribution in [0.2, 0.25) is 0 Å². The van der Waals surface area contributed by atoms with Crippen molar-refractivity contribution in [3.63, 3.8) is 0 Å². The molecule has 0 fully saturated rings. The van der Waals surface area contributed by atoms with Crippen LogP contribution in [0.4, 0.5) is 4.39 Å². The molecule has 0 amide bonds. The van der Waals surface area contributed by atoms with Gasteiger partial charge in [0, 0.05) is 0 Å². The Bertz CT molecular complexity index is 512. The second kappa shape index (κ2) is 6.16. The number of rotatable bonds is 5. The standard InChI is InChI=1S/C14H15BrFNO/c1-2-17-12(13-7-8-14(15)18-13)9-10-5-3-4-6-11(10)16/h3-8,12,17H,2,9H2,1H3. The molecule has 0 aliphatic rings. The molecule has 0 bridgehead atoms. The van der Waals surface area contributed by atoms with Crippen LogP contribution in [-0.2, 0) is 6.42 Å². The lowest BCUT2D eigenvalue weighted by Crippen LogP contribution is -2.22. The molecule has 0 radical (unpaired) electrons. The molecule has 0 aliphatic heterocycles. The SMILES string of the molecule is CCNC(Cc1ccccc1F)c1ccc(Br)o1. The molecule has 1 N–H and O–H groups in total. The van der Waals surface area contributed by atoms with Crippen molar-refractivity contribution >= 4 is 15.9 Å². The summed E-state index contributed by atoms with van der Waals surface area (Å²) in [6, 6.07) is 10.6. The monoisotopic (exact) mass is 311 g/mol. The number of nitrogens with one attached hydrogen (secondary N) is 1. The summed E-state index contributed by atoms with van der Waals surface area (Å²) in [7, 11) is 0. The second-order valence-electron chi connectivity index (χ2n) is 4.05. The summed E-state index contributed by atoms with van der Waals surface area (Å²) in [6.45, 7) is 2.82. The number of furan rings is 1. The summed E-state index contributed by atoms with van der Waals surface area (Å²) < 4.78 is 19.9. The van der Waals surface area contributed by atoms with Crippen LogP contribution in [0.25, 0.3) is 0 Å². The molecule has 96 valence electrons. The molecule has 0 aliphatic carbocycles. The average molecular weight is 312 g/mol. The molecule has 0 spiro atoms. The van der Waals surface area contributed by atoms with Crippen molar-refractivity contribution in [2.75, 3.05) is 6.54 Å². The molecule has 1 unspecified atom stereocenters. The maximum Gasteiger partial charge on any atom is 0.169 e. The van der Waals surface area contributed by atoms with Gasteiger partial charge in [-0.05, 0) is 52.7 Å². The summed E-state index contributed by atoms with van der Waals surface area (Å²) in [4.78, 5) is 0. The highest BCUT2D eigenvalue weighted by Gasteiger charge is 2.16. The Kier molecular flexibility index (Phi) is 4.55. The largest absolute Gasteiger partial charge is 0.453 e. The summed E-state index contributed by atoms with van der Waals surface area (Å²) in [5.74, 6) is 0.637. The van der Waals surface area contributed by atoms with Crippen molar-refractivity contribution in [3.8, 4) is 0 Å². The highest BCUT2D eigenvalue weighted by atomic mass is 79.9. The molecule has 1 aromatic heterocycles. The quantitative estimate of drug-likeness (QED) is 0.900. The number of halogens is 2. The Labute approximate surface area is 114 Å². The van der Waals surface area contributed by atoms with Gasteiger partial charge in [0.05, 0.1) is 6.04 Å². The van der Waals surface area contributed by atoms with Crippen LogP contribution >= 0.6 is 15.9 Å². The fourth-order valence-corrected chi connectivity index (χ4v) is 2.24. The van der Waals surface area contributed by atoms with Crippen molar-refractivity contribution in [2.24, 2.45) is 0 Å². The van der Waals surface area contributed by atoms with E-state index >= 15 is 0 Å². The number of hydrogen-bond donors (Lipinski definition) is 1. The van der Waals surface area contributed by atoms with Gasteiger partial charge >= 0.3 is 0 Å². The second-order valence-corrected chi connectivity index (χ2v) is 4.83. The number of likely N-dealkylation sites (N-methyl/N-ethyl adjacent to an activating group) is 1. The van der Waals surface area contributed by atoms with Gasteiger partial charge in [0.1, 0.15) is 11.6 Å². The zero-order chi connectivity index (χ0) is 13.0.